The lowest BCUT2D eigenvalue weighted by Crippen LogP contribution is -2.48. The summed E-state index contributed by atoms with van der Waals surface area (Å²) in [5.74, 6) is -0.136. The van der Waals surface area contributed by atoms with Crippen LogP contribution in [0.15, 0.2) is 0 Å². The molecule has 2 saturated heterocycles. The summed E-state index contributed by atoms with van der Waals surface area (Å²) in [6.07, 6.45) is 1.57. The first-order valence-corrected chi connectivity index (χ1v) is 8.42. The number of hydrogen-bond donors (Lipinski definition) is 1. The van der Waals surface area contributed by atoms with Crippen LogP contribution in [0.4, 0.5) is 0 Å². The fourth-order valence-electron chi connectivity index (χ4n) is 2.87. The van der Waals surface area contributed by atoms with Crippen molar-refractivity contribution >= 4 is 15.7 Å². The van der Waals surface area contributed by atoms with Crippen LogP contribution in [-0.2, 0) is 14.6 Å². The highest BCUT2D eigenvalue weighted by atomic mass is 32.2. The van der Waals surface area contributed by atoms with Crippen LogP contribution in [0.3, 0.4) is 0 Å². The summed E-state index contributed by atoms with van der Waals surface area (Å²) in [7, 11) is -3.01. The van der Waals surface area contributed by atoms with Crippen molar-refractivity contribution in [2.75, 3.05) is 24.6 Å². The number of aliphatic hydroxyl groups is 1. The fourth-order valence-corrected chi connectivity index (χ4v) is 4.60. The molecule has 0 aromatic heterocycles. The molecule has 2 aliphatic rings. The molecule has 0 saturated carbocycles. The summed E-state index contributed by atoms with van der Waals surface area (Å²) in [5, 5.41) is 9.78. The van der Waals surface area contributed by atoms with E-state index in [4.69, 9.17) is 0 Å². The van der Waals surface area contributed by atoms with Gasteiger partial charge in [-0.15, -0.1) is 0 Å². The van der Waals surface area contributed by atoms with E-state index in [1.807, 2.05) is 6.92 Å². The zero-order chi connectivity index (χ0) is 13.3. The molecule has 0 aromatic carbocycles. The van der Waals surface area contributed by atoms with Gasteiger partial charge in [0.2, 0.25) is 5.91 Å². The third-order valence-corrected chi connectivity index (χ3v) is 5.88. The number of piperidine rings is 1. The molecule has 104 valence electrons. The monoisotopic (exact) mass is 275 g/mol. The van der Waals surface area contributed by atoms with Gasteiger partial charge in [-0.1, -0.05) is 6.92 Å². The molecule has 18 heavy (non-hydrogen) atoms. The molecule has 3 atom stereocenters. The maximum atomic E-state index is 12.2. The van der Waals surface area contributed by atoms with Crippen molar-refractivity contribution < 1.29 is 18.3 Å². The van der Waals surface area contributed by atoms with Crippen LogP contribution in [0.2, 0.25) is 0 Å². The van der Waals surface area contributed by atoms with E-state index in [0.717, 1.165) is 6.42 Å². The highest BCUT2D eigenvalue weighted by molar-refractivity contribution is 7.91. The van der Waals surface area contributed by atoms with E-state index in [2.05, 4.69) is 0 Å². The standard InChI is InChI=1S/C12H21NO4S/c1-2-9-7-13(5-3-11(9)14)12(15)10-4-6-18(16,17)8-10/h9-11,14H,2-8H2,1H3. The SMILES string of the molecule is CCC1CN(C(=O)C2CCS(=O)(=O)C2)CCC1O. The Kier molecular flexibility index (Phi) is 3.96. The van der Waals surface area contributed by atoms with Gasteiger partial charge in [0.1, 0.15) is 0 Å². The summed E-state index contributed by atoms with van der Waals surface area (Å²) in [5.41, 5.74) is 0. The minimum absolute atomic E-state index is 0.00167. The van der Waals surface area contributed by atoms with Crippen molar-refractivity contribution in [1.29, 1.82) is 0 Å². The number of carbonyl (C=O) groups is 1. The number of carbonyl (C=O) groups excluding carboxylic acids is 1. The lowest BCUT2D eigenvalue weighted by Gasteiger charge is -2.36. The molecule has 0 aromatic rings. The van der Waals surface area contributed by atoms with E-state index in [1.54, 1.807) is 4.90 Å². The zero-order valence-corrected chi connectivity index (χ0v) is 11.5. The van der Waals surface area contributed by atoms with E-state index >= 15 is 0 Å². The van der Waals surface area contributed by atoms with Gasteiger partial charge >= 0.3 is 0 Å². The number of aliphatic hydroxyl groups excluding tert-OH is 1. The molecule has 3 unspecified atom stereocenters. The normalized spacial score (nSPS) is 35.7. The van der Waals surface area contributed by atoms with Gasteiger partial charge in [-0.3, -0.25) is 4.79 Å². The van der Waals surface area contributed by atoms with Gasteiger partial charge in [-0.2, -0.15) is 0 Å². The fraction of sp³-hybridized carbons (Fsp3) is 0.917. The molecule has 0 spiro atoms. The summed E-state index contributed by atoms with van der Waals surface area (Å²) < 4.78 is 22.8. The van der Waals surface area contributed by atoms with Crippen LogP contribution in [0, 0.1) is 11.8 Å². The van der Waals surface area contributed by atoms with E-state index in [-0.39, 0.29) is 35.4 Å². The molecule has 2 aliphatic heterocycles. The Morgan fingerprint density at radius 1 is 1.39 bits per heavy atom. The summed E-state index contributed by atoms with van der Waals surface area (Å²) in [6.45, 7) is 3.11. The molecule has 5 nitrogen and oxygen atoms in total. The lowest BCUT2D eigenvalue weighted by atomic mass is 9.91. The summed E-state index contributed by atoms with van der Waals surface area (Å²) in [4.78, 5) is 14.0. The molecule has 6 heteroatoms. The first kappa shape index (κ1) is 13.8. The predicted octanol–water partition coefficient (Wildman–Crippen LogP) is 0.0405. The highest BCUT2D eigenvalue weighted by Crippen LogP contribution is 2.25. The van der Waals surface area contributed by atoms with Gasteiger partial charge in [-0.25, -0.2) is 8.42 Å². The maximum Gasteiger partial charge on any atom is 0.226 e. The molecule has 0 bridgehead atoms. The Hall–Kier alpha value is -0.620. The van der Waals surface area contributed by atoms with E-state index in [0.29, 0.717) is 25.9 Å². The molecule has 1 N–H and O–H groups in total. The van der Waals surface area contributed by atoms with Gasteiger partial charge in [0.05, 0.1) is 23.5 Å². The second-order valence-corrected chi connectivity index (χ2v) is 7.64. The first-order valence-electron chi connectivity index (χ1n) is 6.60. The molecular weight excluding hydrogens is 254 g/mol. The van der Waals surface area contributed by atoms with Crippen LogP contribution in [0.5, 0.6) is 0 Å². The van der Waals surface area contributed by atoms with Gasteiger partial charge in [0.25, 0.3) is 0 Å². The number of hydrogen-bond acceptors (Lipinski definition) is 4. The smallest absolute Gasteiger partial charge is 0.226 e. The molecule has 0 aliphatic carbocycles. The van der Waals surface area contributed by atoms with Crippen LogP contribution in [0.25, 0.3) is 0 Å². The second-order valence-electron chi connectivity index (χ2n) is 5.41. The largest absolute Gasteiger partial charge is 0.393 e. The molecule has 2 rings (SSSR count). The van der Waals surface area contributed by atoms with Crippen LogP contribution in [-0.4, -0.2) is 55.0 Å². The van der Waals surface area contributed by atoms with E-state index in [9.17, 15) is 18.3 Å². The number of likely N-dealkylation sites (tertiary alicyclic amines) is 1. The van der Waals surface area contributed by atoms with E-state index in [1.165, 1.54) is 0 Å². The Labute approximate surface area is 108 Å². The van der Waals surface area contributed by atoms with Crippen molar-refractivity contribution in [3.05, 3.63) is 0 Å². The first-order chi connectivity index (χ1) is 8.43. The van der Waals surface area contributed by atoms with Crippen molar-refractivity contribution in [1.82, 2.24) is 4.90 Å². The zero-order valence-electron chi connectivity index (χ0n) is 10.7. The second kappa shape index (κ2) is 5.17. The topological polar surface area (TPSA) is 74.7 Å². The highest BCUT2D eigenvalue weighted by Gasteiger charge is 2.37. The van der Waals surface area contributed by atoms with Gasteiger partial charge in [0, 0.05) is 19.0 Å². The van der Waals surface area contributed by atoms with E-state index < -0.39 is 9.84 Å². The minimum atomic E-state index is -3.01. The number of sulfone groups is 1. The lowest BCUT2D eigenvalue weighted by molar-refractivity contribution is -0.138. The Morgan fingerprint density at radius 2 is 2.11 bits per heavy atom. The summed E-state index contributed by atoms with van der Waals surface area (Å²) in [6, 6.07) is 0. The third kappa shape index (κ3) is 2.85. The van der Waals surface area contributed by atoms with Gasteiger partial charge in [0.15, 0.2) is 9.84 Å². The Bertz CT molecular complexity index is 420. The Morgan fingerprint density at radius 3 is 2.67 bits per heavy atom. The van der Waals surface area contributed by atoms with Gasteiger partial charge in [-0.05, 0) is 19.3 Å². The number of amides is 1. The molecule has 1 amide bonds. The Balaban J connectivity index is 1.98. The average Bonchev–Trinajstić information content (AvgIpc) is 2.69. The molecule has 2 heterocycles. The van der Waals surface area contributed by atoms with Gasteiger partial charge < -0.3 is 10.0 Å². The van der Waals surface area contributed by atoms with Crippen LogP contribution < -0.4 is 0 Å². The van der Waals surface area contributed by atoms with Crippen LogP contribution >= 0.6 is 0 Å². The van der Waals surface area contributed by atoms with Crippen molar-refractivity contribution in [3.8, 4) is 0 Å². The maximum absolute atomic E-state index is 12.2. The van der Waals surface area contributed by atoms with Crippen molar-refractivity contribution in [2.45, 2.75) is 32.3 Å². The number of rotatable bonds is 2. The molecule has 2 fully saturated rings. The third-order valence-electron chi connectivity index (χ3n) is 4.11. The minimum Gasteiger partial charge on any atom is -0.393 e. The molecular formula is C12H21NO4S. The summed E-state index contributed by atoms with van der Waals surface area (Å²) >= 11 is 0. The molecule has 0 radical (unpaired) electrons. The average molecular weight is 275 g/mol. The number of nitrogens with zero attached hydrogens (tertiary/aromatic N) is 1. The quantitative estimate of drug-likeness (QED) is 0.772. The van der Waals surface area contributed by atoms with Crippen molar-refractivity contribution in [3.63, 3.8) is 0 Å². The van der Waals surface area contributed by atoms with Crippen LogP contribution in [0.1, 0.15) is 26.2 Å². The predicted molar refractivity (Wildman–Crippen MR) is 67.7 cm³/mol. The van der Waals surface area contributed by atoms with Crippen molar-refractivity contribution in [2.24, 2.45) is 11.8 Å².